The van der Waals surface area contributed by atoms with Crippen LogP contribution in [-0.4, -0.2) is 65.5 Å². The number of aromatic nitrogens is 1. The van der Waals surface area contributed by atoms with Crippen LogP contribution in [0.1, 0.15) is 35.3 Å². The van der Waals surface area contributed by atoms with Gasteiger partial charge in [0.25, 0.3) is 5.91 Å². The number of thiazole rings is 1. The summed E-state index contributed by atoms with van der Waals surface area (Å²) in [7, 11) is 0. The van der Waals surface area contributed by atoms with Gasteiger partial charge in [-0.15, -0.1) is 11.3 Å². The van der Waals surface area contributed by atoms with Crippen molar-refractivity contribution in [3.8, 4) is 0 Å². The molecule has 0 atom stereocenters. The summed E-state index contributed by atoms with van der Waals surface area (Å²) >= 11 is 1.42. The van der Waals surface area contributed by atoms with E-state index in [9.17, 15) is 9.59 Å². The molecule has 0 unspecified atom stereocenters. The summed E-state index contributed by atoms with van der Waals surface area (Å²) in [6, 6.07) is 8.26. The smallest absolute Gasteiger partial charge is 0.273 e. The van der Waals surface area contributed by atoms with Crippen LogP contribution in [0, 0.1) is 6.92 Å². The summed E-state index contributed by atoms with van der Waals surface area (Å²) in [5, 5.41) is 5.75. The van der Waals surface area contributed by atoms with Gasteiger partial charge in [0, 0.05) is 43.2 Å². The summed E-state index contributed by atoms with van der Waals surface area (Å²) in [6.45, 7) is 4.93. The molecule has 1 aliphatic carbocycles. The standard InChI is InChI=1S/C21H26N4O3S/c1-15-3-2-4-16(13-15)22-21-23-18(14-29-21)20(27)25(17-5-6-17)8-7-19(26)24-9-11-28-12-10-24/h2-4,13-14,17H,5-12H2,1H3,(H,22,23). The quantitative estimate of drug-likeness (QED) is 0.754. The predicted molar refractivity (Wildman–Crippen MR) is 113 cm³/mol. The topological polar surface area (TPSA) is 74.8 Å². The van der Waals surface area contributed by atoms with Crippen LogP contribution in [0.2, 0.25) is 0 Å². The van der Waals surface area contributed by atoms with Crippen LogP contribution in [0.4, 0.5) is 10.8 Å². The van der Waals surface area contributed by atoms with Gasteiger partial charge in [-0.25, -0.2) is 4.98 Å². The molecule has 0 spiro atoms. The highest BCUT2D eigenvalue weighted by Crippen LogP contribution is 2.30. The minimum atomic E-state index is -0.0872. The van der Waals surface area contributed by atoms with Gasteiger partial charge < -0.3 is 19.9 Å². The zero-order chi connectivity index (χ0) is 20.2. The molecule has 1 saturated carbocycles. The molecular weight excluding hydrogens is 388 g/mol. The van der Waals surface area contributed by atoms with E-state index in [2.05, 4.69) is 10.3 Å². The number of hydrogen-bond donors (Lipinski definition) is 1. The Balaban J connectivity index is 1.37. The molecule has 0 bridgehead atoms. The second-order valence-electron chi connectivity index (χ2n) is 7.51. The summed E-state index contributed by atoms with van der Waals surface area (Å²) in [5.41, 5.74) is 2.55. The second-order valence-corrected chi connectivity index (χ2v) is 8.36. The molecule has 1 N–H and O–H groups in total. The lowest BCUT2D eigenvalue weighted by molar-refractivity contribution is -0.135. The molecule has 1 aromatic carbocycles. The first-order chi connectivity index (χ1) is 14.1. The average molecular weight is 415 g/mol. The van der Waals surface area contributed by atoms with Crippen molar-refractivity contribution < 1.29 is 14.3 Å². The molecule has 1 aromatic heterocycles. The van der Waals surface area contributed by atoms with E-state index in [0.29, 0.717) is 50.1 Å². The Hall–Kier alpha value is -2.45. The third-order valence-corrected chi connectivity index (χ3v) is 5.93. The zero-order valence-electron chi connectivity index (χ0n) is 16.6. The van der Waals surface area contributed by atoms with Crippen molar-refractivity contribution in [1.29, 1.82) is 0 Å². The molecule has 0 radical (unpaired) electrons. The van der Waals surface area contributed by atoms with Gasteiger partial charge in [0.05, 0.1) is 13.2 Å². The minimum Gasteiger partial charge on any atom is -0.378 e. The predicted octanol–water partition coefficient (Wildman–Crippen LogP) is 3.05. The third-order valence-electron chi connectivity index (χ3n) is 5.17. The molecule has 2 heterocycles. The summed E-state index contributed by atoms with van der Waals surface area (Å²) in [4.78, 5) is 33.6. The van der Waals surface area contributed by atoms with E-state index in [1.807, 2.05) is 41.0 Å². The average Bonchev–Trinajstić information content (AvgIpc) is 3.46. The first-order valence-electron chi connectivity index (χ1n) is 10.1. The summed E-state index contributed by atoms with van der Waals surface area (Å²) in [6.07, 6.45) is 2.34. The molecule has 2 aliphatic rings. The molecule has 7 nitrogen and oxygen atoms in total. The molecule has 2 aromatic rings. The Labute approximate surface area is 174 Å². The van der Waals surface area contributed by atoms with Gasteiger partial charge >= 0.3 is 0 Å². The molecule has 29 heavy (non-hydrogen) atoms. The fourth-order valence-electron chi connectivity index (χ4n) is 3.45. The van der Waals surface area contributed by atoms with Crippen LogP contribution in [0.25, 0.3) is 0 Å². The summed E-state index contributed by atoms with van der Waals surface area (Å²) in [5.74, 6) is 0.00245. The van der Waals surface area contributed by atoms with Gasteiger partial charge in [0.2, 0.25) is 5.91 Å². The fraction of sp³-hybridized carbons (Fsp3) is 0.476. The van der Waals surface area contributed by atoms with Gasteiger partial charge in [-0.05, 0) is 37.5 Å². The molecule has 2 amide bonds. The van der Waals surface area contributed by atoms with Crippen molar-refractivity contribution >= 4 is 34.0 Å². The van der Waals surface area contributed by atoms with Gasteiger partial charge in [-0.3, -0.25) is 9.59 Å². The lowest BCUT2D eigenvalue weighted by Crippen LogP contribution is -2.43. The van der Waals surface area contributed by atoms with E-state index in [4.69, 9.17) is 4.74 Å². The van der Waals surface area contributed by atoms with Gasteiger partial charge in [-0.1, -0.05) is 12.1 Å². The van der Waals surface area contributed by atoms with Crippen molar-refractivity contribution in [1.82, 2.24) is 14.8 Å². The lowest BCUT2D eigenvalue weighted by Gasteiger charge is -2.28. The van der Waals surface area contributed by atoms with Crippen molar-refractivity contribution in [2.24, 2.45) is 0 Å². The first-order valence-corrected chi connectivity index (χ1v) is 10.9. The van der Waals surface area contributed by atoms with E-state index >= 15 is 0 Å². The van der Waals surface area contributed by atoms with E-state index < -0.39 is 0 Å². The van der Waals surface area contributed by atoms with Gasteiger partial charge in [-0.2, -0.15) is 0 Å². The third kappa shape index (κ3) is 5.13. The molecule has 1 saturated heterocycles. The Bertz CT molecular complexity index is 874. The Morgan fingerprint density at radius 1 is 1.31 bits per heavy atom. The van der Waals surface area contributed by atoms with Crippen LogP contribution in [0.5, 0.6) is 0 Å². The minimum absolute atomic E-state index is 0.0872. The van der Waals surface area contributed by atoms with Gasteiger partial charge in [0.15, 0.2) is 5.13 Å². The molecule has 4 rings (SSSR count). The zero-order valence-corrected chi connectivity index (χ0v) is 17.4. The number of amides is 2. The molecule has 1 aliphatic heterocycles. The summed E-state index contributed by atoms with van der Waals surface area (Å²) < 4.78 is 5.30. The Morgan fingerprint density at radius 3 is 2.83 bits per heavy atom. The highest BCUT2D eigenvalue weighted by Gasteiger charge is 2.34. The lowest BCUT2D eigenvalue weighted by atomic mass is 10.2. The highest BCUT2D eigenvalue weighted by molar-refractivity contribution is 7.14. The van der Waals surface area contributed by atoms with Crippen LogP contribution in [0.3, 0.4) is 0 Å². The van der Waals surface area contributed by atoms with E-state index in [1.165, 1.54) is 11.3 Å². The Kier molecular flexibility index (Phi) is 6.10. The number of nitrogens with zero attached hydrogens (tertiary/aromatic N) is 3. The number of carbonyl (C=O) groups is 2. The van der Waals surface area contributed by atoms with Crippen LogP contribution >= 0.6 is 11.3 Å². The van der Waals surface area contributed by atoms with E-state index in [0.717, 1.165) is 24.1 Å². The van der Waals surface area contributed by atoms with Crippen molar-refractivity contribution in [2.75, 3.05) is 38.2 Å². The number of morpholine rings is 1. The van der Waals surface area contributed by atoms with Crippen molar-refractivity contribution in [3.05, 3.63) is 40.9 Å². The molecule has 2 fully saturated rings. The SMILES string of the molecule is Cc1cccc(Nc2nc(C(=O)N(CCC(=O)N3CCOCC3)C3CC3)cs2)c1. The van der Waals surface area contributed by atoms with Crippen LogP contribution in [0.15, 0.2) is 29.6 Å². The van der Waals surface area contributed by atoms with E-state index in [1.54, 1.807) is 5.38 Å². The fourth-order valence-corrected chi connectivity index (χ4v) is 4.15. The maximum Gasteiger partial charge on any atom is 0.273 e. The Morgan fingerprint density at radius 2 is 2.10 bits per heavy atom. The molecular formula is C21H26N4O3S. The number of carbonyl (C=O) groups excluding carboxylic acids is 2. The second kappa shape index (κ2) is 8.92. The highest BCUT2D eigenvalue weighted by atomic mass is 32.1. The van der Waals surface area contributed by atoms with Crippen LogP contribution in [-0.2, 0) is 9.53 Å². The number of aryl methyl sites for hydroxylation is 1. The number of hydrogen-bond acceptors (Lipinski definition) is 6. The number of ether oxygens (including phenoxy) is 1. The molecule has 8 heteroatoms. The maximum absolute atomic E-state index is 13.0. The van der Waals surface area contributed by atoms with Gasteiger partial charge in [0.1, 0.15) is 5.69 Å². The number of benzene rings is 1. The largest absolute Gasteiger partial charge is 0.378 e. The van der Waals surface area contributed by atoms with Crippen molar-refractivity contribution in [3.63, 3.8) is 0 Å². The number of anilines is 2. The number of nitrogens with one attached hydrogen (secondary N) is 1. The maximum atomic E-state index is 13.0. The first kappa shape index (κ1) is 19.8. The molecule has 154 valence electrons. The monoisotopic (exact) mass is 414 g/mol. The normalized spacial score (nSPS) is 16.5. The van der Waals surface area contributed by atoms with Crippen LogP contribution < -0.4 is 5.32 Å². The van der Waals surface area contributed by atoms with Crippen molar-refractivity contribution in [2.45, 2.75) is 32.2 Å². The number of rotatable bonds is 7. The van der Waals surface area contributed by atoms with E-state index in [-0.39, 0.29) is 17.9 Å².